The Balaban J connectivity index is 1.79. The number of pyridine rings is 1. The van der Waals surface area contributed by atoms with Crippen molar-refractivity contribution in [2.45, 2.75) is 52.7 Å². The van der Waals surface area contributed by atoms with E-state index in [0.29, 0.717) is 24.7 Å². The number of ether oxygens (including phenoxy) is 2. The van der Waals surface area contributed by atoms with Crippen LogP contribution in [0.1, 0.15) is 45.2 Å². The molecule has 1 aromatic carbocycles. The molecular weight excluding hydrogens is 370 g/mol. The van der Waals surface area contributed by atoms with Gasteiger partial charge in [0.05, 0.1) is 24.1 Å². The van der Waals surface area contributed by atoms with Gasteiger partial charge in [0, 0.05) is 31.5 Å². The van der Waals surface area contributed by atoms with Crippen LogP contribution in [0.2, 0.25) is 0 Å². The second kappa shape index (κ2) is 8.61. The van der Waals surface area contributed by atoms with Gasteiger partial charge in [0.1, 0.15) is 5.75 Å². The SMILES string of the molecule is CCCNC(=O)N(C(C)=O)c1ccc(Oc2cccc3c2CC(C)(C)OC3)nc1. The molecule has 154 valence electrons. The fourth-order valence-corrected chi connectivity index (χ4v) is 3.22. The highest BCUT2D eigenvalue weighted by Gasteiger charge is 2.28. The molecule has 0 atom stereocenters. The normalized spacial score (nSPS) is 14.6. The average molecular weight is 397 g/mol. The molecule has 0 unspecified atom stereocenters. The molecule has 0 bridgehead atoms. The maximum absolute atomic E-state index is 12.3. The number of carbonyl (C=O) groups is 2. The van der Waals surface area contributed by atoms with E-state index in [1.165, 1.54) is 13.1 Å². The molecule has 1 N–H and O–H groups in total. The number of hydrogen-bond donors (Lipinski definition) is 1. The van der Waals surface area contributed by atoms with E-state index in [0.717, 1.165) is 34.6 Å². The van der Waals surface area contributed by atoms with E-state index >= 15 is 0 Å². The van der Waals surface area contributed by atoms with Crippen LogP contribution in [0.5, 0.6) is 11.6 Å². The van der Waals surface area contributed by atoms with Crippen molar-refractivity contribution in [1.82, 2.24) is 10.3 Å². The third-order valence-corrected chi connectivity index (χ3v) is 4.69. The number of benzene rings is 1. The number of carbonyl (C=O) groups excluding carboxylic acids is 2. The molecule has 0 fully saturated rings. The molecule has 0 radical (unpaired) electrons. The lowest BCUT2D eigenvalue weighted by Crippen LogP contribution is -2.43. The first-order valence-corrected chi connectivity index (χ1v) is 9.78. The van der Waals surface area contributed by atoms with Gasteiger partial charge in [0.15, 0.2) is 0 Å². The zero-order valence-corrected chi connectivity index (χ0v) is 17.3. The summed E-state index contributed by atoms with van der Waals surface area (Å²) in [5.41, 5.74) is 2.35. The molecule has 1 aromatic heterocycles. The number of aromatic nitrogens is 1. The largest absolute Gasteiger partial charge is 0.439 e. The number of rotatable bonds is 5. The Hall–Kier alpha value is -2.93. The van der Waals surface area contributed by atoms with Crippen LogP contribution >= 0.6 is 0 Å². The van der Waals surface area contributed by atoms with Crippen molar-refractivity contribution >= 4 is 17.6 Å². The number of amides is 3. The van der Waals surface area contributed by atoms with Gasteiger partial charge in [-0.05, 0) is 38.0 Å². The maximum Gasteiger partial charge on any atom is 0.328 e. The Kier molecular flexibility index (Phi) is 6.17. The summed E-state index contributed by atoms with van der Waals surface area (Å²) in [4.78, 5) is 29.6. The topological polar surface area (TPSA) is 80.8 Å². The molecule has 0 aliphatic carbocycles. The molecule has 29 heavy (non-hydrogen) atoms. The molecule has 1 aliphatic heterocycles. The summed E-state index contributed by atoms with van der Waals surface area (Å²) in [5, 5.41) is 2.70. The summed E-state index contributed by atoms with van der Waals surface area (Å²) in [7, 11) is 0. The van der Waals surface area contributed by atoms with Crippen molar-refractivity contribution in [3.8, 4) is 11.6 Å². The van der Waals surface area contributed by atoms with Crippen molar-refractivity contribution in [2.24, 2.45) is 0 Å². The molecular formula is C22H27N3O4. The Morgan fingerprint density at radius 1 is 1.28 bits per heavy atom. The molecule has 0 saturated heterocycles. The zero-order chi connectivity index (χ0) is 21.0. The monoisotopic (exact) mass is 397 g/mol. The first-order valence-electron chi connectivity index (χ1n) is 9.78. The molecule has 1 aliphatic rings. The first kappa shape index (κ1) is 20.8. The minimum atomic E-state index is -0.464. The van der Waals surface area contributed by atoms with E-state index in [-0.39, 0.29) is 11.5 Å². The smallest absolute Gasteiger partial charge is 0.328 e. The lowest BCUT2D eigenvalue weighted by Gasteiger charge is -2.32. The molecule has 0 spiro atoms. The van der Waals surface area contributed by atoms with Gasteiger partial charge < -0.3 is 14.8 Å². The van der Waals surface area contributed by atoms with Crippen LogP contribution in [-0.2, 0) is 22.6 Å². The third-order valence-electron chi connectivity index (χ3n) is 4.69. The minimum absolute atomic E-state index is 0.252. The van der Waals surface area contributed by atoms with E-state index in [9.17, 15) is 9.59 Å². The molecule has 2 heterocycles. The van der Waals surface area contributed by atoms with Gasteiger partial charge in [0.25, 0.3) is 0 Å². The van der Waals surface area contributed by atoms with Gasteiger partial charge >= 0.3 is 6.03 Å². The van der Waals surface area contributed by atoms with Gasteiger partial charge in [-0.2, -0.15) is 0 Å². The fourth-order valence-electron chi connectivity index (χ4n) is 3.22. The molecule has 7 nitrogen and oxygen atoms in total. The number of anilines is 1. The van der Waals surface area contributed by atoms with Crippen LogP contribution in [-0.4, -0.2) is 29.1 Å². The highest BCUT2D eigenvalue weighted by molar-refractivity contribution is 6.13. The Morgan fingerprint density at radius 3 is 2.72 bits per heavy atom. The predicted octanol–water partition coefficient (Wildman–Crippen LogP) is 4.20. The second-order valence-corrected chi connectivity index (χ2v) is 7.66. The molecule has 0 saturated carbocycles. The number of nitrogens with one attached hydrogen (secondary N) is 1. The number of nitrogens with zero attached hydrogens (tertiary/aromatic N) is 2. The lowest BCUT2D eigenvalue weighted by molar-refractivity contribution is -0.115. The highest BCUT2D eigenvalue weighted by atomic mass is 16.5. The quantitative estimate of drug-likeness (QED) is 0.818. The first-order chi connectivity index (χ1) is 13.8. The standard InChI is InChI=1S/C22H27N3O4/c1-5-11-23-21(27)25(15(2)26)17-9-10-20(24-13-17)29-19-8-6-7-16-14-28-22(3,4)12-18(16)19/h6-10,13H,5,11-12,14H2,1-4H3,(H,23,27). The Labute approximate surface area is 171 Å². The van der Waals surface area contributed by atoms with Gasteiger partial charge in [-0.1, -0.05) is 19.1 Å². The summed E-state index contributed by atoms with van der Waals surface area (Å²) in [5.74, 6) is 0.751. The van der Waals surface area contributed by atoms with Gasteiger partial charge in [-0.25, -0.2) is 14.7 Å². The van der Waals surface area contributed by atoms with E-state index in [1.54, 1.807) is 12.1 Å². The highest BCUT2D eigenvalue weighted by Crippen LogP contribution is 2.35. The molecule has 2 aromatic rings. The van der Waals surface area contributed by atoms with Gasteiger partial charge in [-0.3, -0.25) is 4.79 Å². The maximum atomic E-state index is 12.3. The summed E-state index contributed by atoms with van der Waals surface area (Å²) in [6.45, 7) is 8.44. The summed E-state index contributed by atoms with van der Waals surface area (Å²) in [6, 6.07) is 8.72. The van der Waals surface area contributed by atoms with Crippen LogP contribution < -0.4 is 15.0 Å². The van der Waals surface area contributed by atoms with Gasteiger partial charge in [0.2, 0.25) is 11.8 Å². The molecule has 3 rings (SSSR count). The van der Waals surface area contributed by atoms with Gasteiger partial charge in [-0.15, -0.1) is 0 Å². The molecule has 3 amide bonds. The third kappa shape index (κ3) is 4.92. The number of urea groups is 1. The molecule has 7 heteroatoms. The van der Waals surface area contributed by atoms with Crippen molar-refractivity contribution < 1.29 is 19.1 Å². The predicted molar refractivity (Wildman–Crippen MR) is 110 cm³/mol. The average Bonchev–Trinajstić information content (AvgIpc) is 2.67. The van der Waals surface area contributed by atoms with Crippen LogP contribution in [0.15, 0.2) is 36.5 Å². The van der Waals surface area contributed by atoms with E-state index < -0.39 is 6.03 Å². The number of fused-ring (bicyclic) bond motifs is 1. The van der Waals surface area contributed by atoms with Crippen molar-refractivity contribution in [3.05, 3.63) is 47.7 Å². The van der Waals surface area contributed by atoms with Crippen LogP contribution in [0.25, 0.3) is 0 Å². The summed E-state index contributed by atoms with van der Waals surface area (Å²) >= 11 is 0. The Morgan fingerprint density at radius 2 is 2.07 bits per heavy atom. The lowest BCUT2D eigenvalue weighted by atomic mass is 9.91. The van der Waals surface area contributed by atoms with E-state index in [4.69, 9.17) is 9.47 Å². The van der Waals surface area contributed by atoms with E-state index in [2.05, 4.69) is 24.1 Å². The second-order valence-electron chi connectivity index (χ2n) is 7.66. The van der Waals surface area contributed by atoms with E-state index in [1.807, 2.05) is 25.1 Å². The van der Waals surface area contributed by atoms with Crippen molar-refractivity contribution in [2.75, 3.05) is 11.4 Å². The van der Waals surface area contributed by atoms with Crippen molar-refractivity contribution in [1.29, 1.82) is 0 Å². The minimum Gasteiger partial charge on any atom is -0.439 e. The van der Waals surface area contributed by atoms with Crippen molar-refractivity contribution in [3.63, 3.8) is 0 Å². The van der Waals surface area contributed by atoms with Crippen LogP contribution in [0.3, 0.4) is 0 Å². The van der Waals surface area contributed by atoms with Crippen LogP contribution in [0.4, 0.5) is 10.5 Å². The zero-order valence-electron chi connectivity index (χ0n) is 17.3. The fraction of sp³-hybridized carbons (Fsp3) is 0.409. The Bertz CT molecular complexity index is 893. The summed E-state index contributed by atoms with van der Waals surface area (Å²) in [6.07, 6.45) is 2.99. The van der Waals surface area contributed by atoms with Crippen LogP contribution in [0, 0.1) is 0 Å². The number of hydrogen-bond acceptors (Lipinski definition) is 5. The summed E-state index contributed by atoms with van der Waals surface area (Å²) < 4.78 is 11.9. The number of imide groups is 1.